The van der Waals surface area contributed by atoms with Gasteiger partial charge in [-0.2, -0.15) is 0 Å². The van der Waals surface area contributed by atoms with E-state index >= 15 is 0 Å². The number of aromatic nitrogens is 1. The molecule has 0 spiro atoms. The van der Waals surface area contributed by atoms with Crippen LogP contribution in [-0.4, -0.2) is 80.7 Å². The first kappa shape index (κ1) is 27.5. The molecule has 0 bridgehead atoms. The second-order valence-electron chi connectivity index (χ2n) is 7.90. The monoisotopic (exact) mass is 543 g/mol. The summed E-state index contributed by atoms with van der Waals surface area (Å²) >= 11 is 1.00. The summed E-state index contributed by atoms with van der Waals surface area (Å²) in [5.41, 5.74) is 0.526. The van der Waals surface area contributed by atoms with Crippen LogP contribution in [0.4, 0.5) is 0 Å². The molecule has 1 aromatic carbocycles. The van der Waals surface area contributed by atoms with E-state index in [0.29, 0.717) is 10.2 Å². The minimum absolute atomic E-state index is 0.109. The van der Waals surface area contributed by atoms with Crippen LogP contribution in [0, 0.1) is 0 Å². The summed E-state index contributed by atoms with van der Waals surface area (Å²) in [6.45, 7) is 3.23. The van der Waals surface area contributed by atoms with Crippen LogP contribution in [0.5, 0.6) is 0 Å². The molecule has 0 amide bonds. The molecule has 0 saturated carbocycles. The number of para-hydroxylation sites is 1. The lowest BCUT2D eigenvalue weighted by Gasteiger charge is -2.43. The zero-order valence-corrected chi connectivity index (χ0v) is 21.5. The molecule has 12 nitrogen and oxygen atoms in total. The lowest BCUT2D eigenvalue weighted by Crippen LogP contribution is -2.63. The van der Waals surface area contributed by atoms with E-state index in [4.69, 9.17) is 23.7 Å². The van der Waals surface area contributed by atoms with Crippen molar-refractivity contribution in [2.45, 2.75) is 62.1 Å². The Morgan fingerprint density at radius 1 is 0.944 bits per heavy atom. The van der Waals surface area contributed by atoms with Crippen molar-refractivity contribution in [3.63, 3.8) is 0 Å². The zero-order chi connectivity index (χ0) is 26.6. The van der Waals surface area contributed by atoms with Gasteiger partial charge >= 0.3 is 23.9 Å². The maximum absolute atomic E-state index is 13.1. The van der Waals surface area contributed by atoms with Crippen molar-refractivity contribution in [2.75, 3.05) is 12.9 Å². The van der Waals surface area contributed by atoms with Crippen LogP contribution < -0.4 is 0 Å². The lowest BCUT2D eigenvalue weighted by molar-refractivity contribution is -0.248. The van der Waals surface area contributed by atoms with Crippen molar-refractivity contribution in [3.8, 4) is 0 Å². The Morgan fingerprint density at radius 2 is 1.53 bits per heavy atom. The average molecular weight is 544 g/mol. The molecular formula is C22H25NO11S2. The number of carbonyl (C=O) groups excluding carboxylic acids is 4. The number of sulfone groups is 1. The van der Waals surface area contributed by atoms with Gasteiger partial charge in [0.05, 0.1) is 23.1 Å². The van der Waals surface area contributed by atoms with E-state index in [1.807, 2.05) is 0 Å². The minimum atomic E-state index is -3.91. The third-order valence-corrected chi connectivity index (χ3v) is 8.42. The van der Waals surface area contributed by atoms with Crippen LogP contribution in [0.2, 0.25) is 0 Å². The smallest absolute Gasteiger partial charge is 0.339 e. The molecule has 1 aliphatic heterocycles. The molecule has 2 heterocycles. The molecule has 196 valence electrons. The molecule has 1 fully saturated rings. The molecule has 0 unspecified atom stereocenters. The van der Waals surface area contributed by atoms with Gasteiger partial charge in [-0.15, -0.1) is 11.3 Å². The fourth-order valence-corrected chi connectivity index (χ4v) is 6.45. The summed E-state index contributed by atoms with van der Waals surface area (Å²) in [6.07, 6.45) is -7.46. The highest BCUT2D eigenvalue weighted by atomic mass is 32.2. The van der Waals surface area contributed by atoms with Gasteiger partial charge in [-0.3, -0.25) is 14.4 Å². The van der Waals surface area contributed by atoms with Gasteiger partial charge in [-0.1, -0.05) is 12.1 Å². The van der Waals surface area contributed by atoms with Gasteiger partial charge < -0.3 is 23.7 Å². The first-order valence-electron chi connectivity index (χ1n) is 10.8. The van der Waals surface area contributed by atoms with E-state index in [1.54, 1.807) is 24.3 Å². The van der Waals surface area contributed by atoms with Crippen molar-refractivity contribution in [2.24, 2.45) is 0 Å². The summed E-state index contributed by atoms with van der Waals surface area (Å²) in [5.74, 6) is -3.89. The lowest BCUT2D eigenvalue weighted by atomic mass is 9.92. The second kappa shape index (κ2) is 11.3. The van der Waals surface area contributed by atoms with Gasteiger partial charge in [-0.05, 0) is 18.6 Å². The number of rotatable bonds is 8. The Morgan fingerprint density at radius 3 is 2.11 bits per heavy atom. The van der Waals surface area contributed by atoms with Crippen LogP contribution in [0.15, 0.2) is 28.6 Å². The summed E-state index contributed by atoms with van der Waals surface area (Å²) in [7, 11) is -2.84. The van der Waals surface area contributed by atoms with Crippen molar-refractivity contribution < 1.29 is 51.3 Å². The summed E-state index contributed by atoms with van der Waals surface area (Å²) in [5, 5.41) is 0. The molecule has 3 rings (SSSR count). The van der Waals surface area contributed by atoms with E-state index in [0.717, 1.165) is 39.2 Å². The minimum Gasteiger partial charge on any atom is -0.467 e. The van der Waals surface area contributed by atoms with Gasteiger partial charge in [-0.25, -0.2) is 18.2 Å². The molecule has 0 radical (unpaired) electrons. The van der Waals surface area contributed by atoms with Gasteiger partial charge in [0.1, 0.15) is 6.10 Å². The van der Waals surface area contributed by atoms with Gasteiger partial charge in [0.25, 0.3) is 0 Å². The predicted molar refractivity (Wildman–Crippen MR) is 124 cm³/mol. The van der Waals surface area contributed by atoms with Crippen molar-refractivity contribution in [1.29, 1.82) is 0 Å². The van der Waals surface area contributed by atoms with Crippen LogP contribution in [0.1, 0.15) is 27.2 Å². The molecule has 36 heavy (non-hydrogen) atoms. The highest BCUT2D eigenvalue weighted by molar-refractivity contribution is 7.93. The van der Waals surface area contributed by atoms with Crippen LogP contribution in [0.3, 0.4) is 0 Å². The Bertz CT molecular complexity index is 1220. The van der Waals surface area contributed by atoms with E-state index < -0.39 is 70.0 Å². The summed E-state index contributed by atoms with van der Waals surface area (Å²) in [6, 6.07) is 6.93. The van der Waals surface area contributed by atoms with Crippen LogP contribution in [0.25, 0.3) is 10.2 Å². The molecule has 5 atom stereocenters. The Balaban J connectivity index is 1.94. The molecule has 14 heteroatoms. The molecule has 0 aliphatic carbocycles. The maximum atomic E-state index is 13.1. The number of ether oxygens (including phenoxy) is 5. The first-order chi connectivity index (χ1) is 16.9. The fraction of sp³-hybridized carbons (Fsp3) is 0.500. The highest BCUT2D eigenvalue weighted by Crippen LogP contribution is 2.32. The van der Waals surface area contributed by atoms with Crippen LogP contribution >= 0.6 is 11.3 Å². The quantitative estimate of drug-likeness (QED) is 0.346. The highest BCUT2D eigenvalue weighted by Gasteiger charge is 2.54. The fourth-order valence-electron chi connectivity index (χ4n) is 3.78. The number of methoxy groups -OCH3 is 1. The Labute approximate surface area is 210 Å². The molecule has 1 aromatic heterocycles. The number of fused-ring (bicyclic) bond motifs is 1. The number of thiazole rings is 1. The van der Waals surface area contributed by atoms with Crippen LogP contribution in [-0.2, 0) is 52.7 Å². The zero-order valence-electron chi connectivity index (χ0n) is 19.9. The Kier molecular flexibility index (Phi) is 8.63. The van der Waals surface area contributed by atoms with E-state index in [1.165, 1.54) is 0 Å². The summed E-state index contributed by atoms with van der Waals surface area (Å²) < 4.78 is 53.0. The standard InChI is InChI=1S/C22H25NO11S2/c1-11(24)31-17-15(9-10-36(28,29)22-23-14-7-5-6-8-16(14)35-22)34-20(21(27)30-4)19(33-13(3)26)18(17)32-12(2)25/h5-8,15,17-20H,9-10H2,1-4H3/t15-,17+,18-,19+,20+/m1/s1. The third kappa shape index (κ3) is 6.36. The molecule has 1 saturated heterocycles. The number of carbonyl (C=O) groups is 4. The first-order valence-corrected chi connectivity index (χ1v) is 13.2. The predicted octanol–water partition coefficient (Wildman–Crippen LogP) is 1.20. The van der Waals surface area contributed by atoms with E-state index in [9.17, 15) is 27.6 Å². The number of benzene rings is 1. The number of nitrogens with zero attached hydrogens (tertiary/aromatic N) is 1. The van der Waals surface area contributed by atoms with Gasteiger partial charge in [0, 0.05) is 20.8 Å². The number of hydrogen-bond acceptors (Lipinski definition) is 13. The van der Waals surface area contributed by atoms with Gasteiger partial charge in [0.2, 0.25) is 14.2 Å². The SMILES string of the molecule is COC(=O)[C@H]1O[C@H](CCS(=O)(=O)c2nc3ccccc3s2)[C@H](OC(C)=O)[C@@H](OC(C)=O)[C@@H]1OC(C)=O. The van der Waals surface area contributed by atoms with E-state index in [-0.39, 0.29) is 10.8 Å². The maximum Gasteiger partial charge on any atom is 0.339 e. The molecule has 1 aliphatic rings. The molecular weight excluding hydrogens is 518 g/mol. The normalized spacial score (nSPS) is 24.1. The van der Waals surface area contributed by atoms with Gasteiger partial charge in [0.15, 0.2) is 24.4 Å². The average Bonchev–Trinajstić information content (AvgIpc) is 3.24. The molecule has 2 aromatic rings. The topological polar surface area (TPSA) is 161 Å². The van der Waals surface area contributed by atoms with E-state index in [2.05, 4.69) is 4.98 Å². The second-order valence-corrected chi connectivity index (χ2v) is 11.2. The Hall–Kier alpha value is -3.10. The third-order valence-electron chi connectivity index (χ3n) is 5.18. The van der Waals surface area contributed by atoms with Crippen molar-refractivity contribution in [1.82, 2.24) is 4.98 Å². The molecule has 0 N–H and O–H groups in total. The largest absolute Gasteiger partial charge is 0.467 e. The number of hydrogen-bond donors (Lipinski definition) is 0. The number of esters is 4. The van der Waals surface area contributed by atoms with Crippen molar-refractivity contribution in [3.05, 3.63) is 24.3 Å². The van der Waals surface area contributed by atoms with Crippen molar-refractivity contribution >= 4 is 55.3 Å². The summed E-state index contributed by atoms with van der Waals surface area (Å²) in [4.78, 5) is 52.1.